The number of aromatic nitrogens is 2. The summed E-state index contributed by atoms with van der Waals surface area (Å²) in [6.45, 7) is 2.99. The van der Waals surface area contributed by atoms with E-state index in [0.29, 0.717) is 13.2 Å². The molecule has 0 radical (unpaired) electrons. The van der Waals surface area contributed by atoms with Gasteiger partial charge in [-0.3, -0.25) is 4.21 Å². The number of morpholine rings is 1. The Hall–Kier alpha value is -0.720. The van der Waals surface area contributed by atoms with Crippen LogP contribution in [0.4, 0.5) is 5.82 Å². The number of anilines is 1. The SMILES string of the molecule is CS(=O)C1(c2cc(N3CCOCC3)nc(Cl)n2)CC1. The van der Waals surface area contributed by atoms with Crippen molar-refractivity contribution in [2.24, 2.45) is 0 Å². The zero-order valence-electron chi connectivity index (χ0n) is 10.8. The van der Waals surface area contributed by atoms with Gasteiger partial charge in [0.15, 0.2) is 0 Å². The minimum atomic E-state index is -0.929. The van der Waals surface area contributed by atoms with E-state index in [4.69, 9.17) is 16.3 Å². The molecule has 5 nitrogen and oxygen atoms in total. The second kappa shape index (κ2) is 5.00. The molecule has 1 aliphatic heterocycles. The Balaban J connectivity index is 1.94. The van der Waals surface area contributed by atoms with E-state index >= 15 is 0 Å². The van der Waals surface area contributed by atoms with Crippen LogP contribution in [0.25, 0.3) is 0 Å². The highest BCUT2D eigenvalue weighted by Gasteiger charge is 2.50. The molecule has 1 saturated heterocycles. The summed E-state index contributed by atoms with van der Waals surface area (Å²) in [6, 6.07) is 1.94. The van der Waals surface area contributed by atoms with Crippen molar-refractivity contribution >= 4 is 28.2 Å². The van der Waals surface area contributed by atoms with Crippen LogP contribution in [0.1, 0.15) is 18.5 Å². The van der Waals surface area contributed by atoms with Crippen molar-refractivity contribution in [2.75, 3.05) is 37.5 Å². The minimum Gasteiger partial charge on any atom is -0.378 e. The van der Waals surface area contributed by atoms with E-state index in [9.17, 15) is 4.21 Å². The van der Waals surface area contributed by atoms with Crippen molar-refractivity contribution in [3.8, 4) is 0 Å². The first-order valence-corrected chi connectivity index (χ1v) is 8.27. The number of rotatable bonds is 3. The fraction of sp³-hybridized carbons (Fsp3) is 0.667. The molecular formula is C12H16ClN3O2S. The van der Waals surface area contributed by atoms with Crippen molar-refractivity contribution in [3.05, 3.63) is 17.0 Å². The first kappa shape index (κ1) is 13.3. The molecule has 1 aromatic rings. The van der Waals surface area contributed by atoms with Gasteiger partial charge in [0.2, 0.25) is 5.28 Å². The molecule has 19 heavy (non-hydrogen) atoms. The first-order valence-electron chi connectivity index (χ1n) is 6.33. The fourth-order valence-electron chi connectivity index (χ4n) is 2.40. The molecule has 3 rings (SSSR count). The summed E-state index contributed by atoms with van der Waals surface area (Å²) in [5.41, 5.74) is 0.815. The molecule has 2 aliphatic rings. The van der Waals surface area contributed by atoms with Crippen LogP contribution in [0.5, 0.6) is 0 Å². The fourth-order valence-corrected chi connectivity index (χ4v) is 3.65. The number of hydrogen-bond donors (Lipinski definition) is 0. The van der Waals surface area contributed by atoms with Crippen LogP contribution in [-0.4, -0.2) is 46.7 Å². The van der Waals surface area contributed by atoms with Crippen LogP contribution >= 0.6 is 11.6 Å². The lowest BCUT2D eigenvalue weighted by Crippen LogP contribution is -2.37. The van der Waals surface area contributed by atoms with Gasteiger partial charge in [-0.05, 0) is 24.4 Å². The molecule has 1 saturated carbocycles. The van der Waals surface area contributed by atoms with Crippen molar-refractivity contribution in [2.45, 2.75) is 17.6 Å². The van der Waals surface area contributed by atoms with Crippen LogP contribution in [0, 0.1) is 0 Å². The molecule has 0 bridgehead atoms. The summed E-state index contributed by atoms with van der Waals surface area (Å²) < 4.78 is 16.9. The Morgan fingerprint density at radius 1 is 1.37 bits per heavy atom. The summed E-state index contributed by atoms with van der Waals surface area (Å²) in [5.74, 6) is 0.815. The third-order valence-corrected chi connectivity index (χ3v) is 5.63. The number of hydrogen-bond acceptors (Lipinski definition) is 5. The zero-order chi connectivity index (χ0) is 13.5. The van der Waals surface area contributed by atoms with E-state index in [1.165, 1.54) is 0 Å². The Kier molecular flexibility index (Phi) is 3.49. The molecule has 0 spiro atoms. The average molecular weight is 302 g/mol. The number of halogens is 1. The lowest BCUT2D eigenvalue weighted by molar-refractivity contribution is 0.122. The van der Waals surface area contributed by atoms with Crippen LogP contribution in [0.15, 0.2) is 6.07 Å². The maximum absolute atomic E-state index is 11.9. The molecule has 0 amide bonds. The molecule has 7 heteroatoms. The molecular weight excluding hydrogens is 286 g/mol. The summed E-state index contributed by atoms with van der Waals surface area (Å²) in [4.78, 5) is 10.7. The second-order valence-corrected chi connectivity index (χ2v) is 6.96. The van der Waals surface area contributed by atoms with Gasteiger partial charge >= 0.3 is 0 Å². The Morgan fingerprint density at radius 3 is 2.63 bits per heavy atom. The van der Waals surface area contributed by atoms with Crippen molar-refractivity contribution in [1.82, 2.24) is 9.97 Å². The molecule has 0 aromatic carbocycles. The highest BCUT2D eigenvalue weighted by atomic mass is 35.5. The predicted octanol–water partition coefficient (Wildman–Crippen LogP) is 1.33. The highest BCUT2D eigenvalue weighted by Crippen LogP contribution is 2.50. The minimum absolute atomic E-state index is 0.232. The van der Waals surface area contributed by atoms with Gasteiger partial charge in [0, 0.05) is 36.2 Å². The van der Waals surface area contributed by atoms with E-state index < -0.39 is 10.8 Å². The van der Waals surface area contributed by atoms with Gasteiger partial charge in [-0.25, -0.2) is 9.97 Å². The quantitative estimate of drug-likeness (QED) is 0.789. The number of ether oxygens (including phenoxy) is 1. The van der Waals surface area contributed by atoms with Gasteiger partial charge in [0.1, 0.15) is 5.82 Å². The maximum Gasteiger partial charge on any atom is 0.224 e. The smallest absolute Gasteiger partial charge is 0.224 e. The van der Waals surface area contributed by atoms with Crippen molar-refractivity contribution in [3.63, 3.8) is 0 Å². The number of nitrogens with zero attached hydrogens (tertiary/aromatic N) is 3. The summed E-state index contributed by atoms with van der Waals surface area (Å²) in [6.07, 6.45) is 3.55. The Bertz CT molecular complexity index is 516. The molecule has 1 aliphatic carbocycles. The maximum atomic E-state index is 11.9. The van der Waals surface area contributed by atoms with Gasteiger partial charge in [-0.1, -0.05) is 0 Å². The standard InChI is InChI=1S/C12H16ClN3O2S/c1-19(17)12(2-3-12)9-8-10(15-11(13)14-9)16-4-6-18-7-5-16/h8H,2-7H2,1H3. The third-order valence-electron chi connectivity index (χ3n) is 3.74. The van der Waals surface area contributed by atoms with E-state index in [2.05, 4.69) is 14.9 Å². The molecule has 104 valence electrons. The topological polar surface area (TPSA) is 55.3 Å². The second-order valence-electron chi connectivity index (χ2n) is 4.93. The normalized spacial score (nSPS) is 23.2. The molecule has 1 aromatic heterocycles. The molecule has 2 fully saturated rings. The lowest BCUT2D eigenvalue weighted by atomic mass is 10.2. The Labute approximate surface area is 119 Å². The van der Waals surface area contributed by atoms with Crippen LogP contribution in [0.2, 0.25) is 5.28 Å². The molecule has 0 N–H and O–H groups in total. The summed E-state index contributed by atoms with van der Waals surface area (Å²) >= 11 is 6.03. The van der Waals surface area contributed by atoms with Gasteiger partial charge < -0.3 is 9.64 Å². The van der Waals surface area contributed by atoms with E-state index in [1.807, 2.05) is 6.07 Å². The monoisotopic (exact) mass is 301 g/mol. The predicted molar refractivity (Wildman–Crippen MR) is 75.1 cm³/mol. The van der Waals surface area contributed by atoms with Crippen molar-refractivity contribution in [1.29, 1.82) is 0 Å². The van der Waals surface area contributed by atoms with Crippen LogP contribution in [-0.2, 0) is 20.3 Å². The summed E-state index contributed by atoms with van der Waals surface area (Å²) in [5, 5.41) is 0.232. The van der Waals surface area contributed by atoms with Gasteiger partial charge in [-0.2, -0.15) is 0 Å². The van der Waals surface area contributed by atoms with Gasteiger partial charge in [0.05, 0.1) is 23.7 Å². The van der Waals surface area contributed by atoms with Crippen molar-refractivity contribution < 1.29 is 8.95 Å². The lowest BCUT2D eigenvalue weighted by Gasteiger charge is -2.28. The first-order chi connectivity index (χ1) is 9.12. The average Bonchev–Trinajstić information content (AvgIpc) is 3.20. The zero-order valence-corrected chi connectivity index (χ0v) is 12.3. The van der Waals surface area contributed by atoms with Crippen LogP contribution < -0.4 is 4.90 Å². The van der Waals surface area contributed by atoms with E-state index in [1.54, 1.807) is 6.26 Å². The summed E-state index contributed by atoms with van der Waals surface area (Å²) in [7, 11) is -0.929. The van der Waals surface area contributed by atoms with E-state index in [-0.39, 0.29) is 10.0 Å². The van der Waals surface area contributed by atoms with E-state index in [0.717, 1.165) is 37.4 Å². The molecule has 1 unspecified atom stereocenters. The third kappa shape index (κ3) is 2.49. The Morgan fingerprint density at radius 2 is 2.05 bits per heavy atom. The van der Waals surface area contributed by atoms with Gasteiger partial charge in [0.25, 0.3) is 0 Å². The molecule has 1 atom stereocenters. The van der Waals surface area contributed by atoms with Gasteiger partial charge in [-0.15, -0.1) is 0 Å². The largest absolute Gasteiger partial charge is 0.378 e. The van der Waals surface area contributed by atoms with Crippen LogP contribution in [0.3, 0.4) is 0 Å². The molecule has 2 heterocycles. The highest BCUT2D eigenvalue weighted by molar-refractivity contribution is 7.85.